The molecule has 194 valence electrons. The van der Waals surface area contributed by atoms with Gasteiger partial charge in [-0.25, -0.2) is 9.67 Å². The van der Waals surface area contributed by atoms with E-state index in [1.54, 1.807) is 26.2 Å². The molecule has 0 bridgehead atoms. The molecule has 5 rings (SSSR count). The molecule has 0 fully saturated rings. The lowest BCUT2D eigenvalue weighted by molar-refractivity contribution is -0.114. The number of aromatic nitrogens is 4. The second-order valence-corrected chi connectivity index (χ2v) is 10.7. The SMILES string of the molecule is C=CCCc1ccc(-c2nn(-c3ccc(C(=O)N(C)C)cc3Cl)c3c2CCc2nc(NC(C)=O)sc2-3)cn1. The molecular formula is C28H27ClN6O2S. The number of nitrogens with one attached hydrogen (secondary N) is 1. The lowest BCUT2D eigenvalue weighted by Gasteiger charge is -2.16. The molecule has 3 aromatic heterocycles. The summed E-state index contributed by atoms with van der Waals surface area (Å²) in [5, 5.41) is 8.81. The summed E-state index contributed by atoms with van der Waals surface area (Å²) in [7, 11) is 3.41. The van der Waals surface area contributed by atoms with Gasteiger partial charge in [0.25, 0.3) is 5.91 Å². The molecule has 8 nitrogen and oxygen atoms in total. The number of pyridine rings is 1. The van der Waals surface area contributed by atoms with Gasteiger partial charge in [0, 0.05) is 49.6 Å². The maximum atomic E-state index is 12.5. The summed E-state index contributed by atoms with van der Waals surface area (Å²) < 4.78 is 1.83. The van der Waals surface area contributed by atoms with Crippen LogP contribution in [0.4, 0.5) is 5.13 Å². The number of hydrogen-bond acceptors (Lipinski definition) is 6. The van der Waals surface area contributed by atoms with Crippen LogP contribution < -0.4 is 5.32 Å². The van der Waals surface area contributed by atoms with Crippen LogP contribution in [0.15, 0.2) is 49.2 Å². The summed E-state index contributed by atoms with van der Waals surface area (Å²) in [6.07, 6.45) is 6.90. The van der Waals surface area contributed by atoms with Crippen LogP contribution in [-0.2, 0) is 24.1 Å². The first-order valence-electron chi connectivity index (χ1n) is 12.2. The third kappa shape index (κ3) is 4.87. The van der Waals surface area contributed by atoms with E-state index >= 15 is 0 Å². The molecule has 0 radical (unpaired) electrons. The van der Waals surface area contributed by atoms with Gasteiger partial charge >= 0.3 is 0 Å². The molecule has 1 aromatic carbocycles. The molecular weight excluding hydrogens is 520 g/mol. The number of fused-ring (bicyclic) bond motifs is 3. The van der Waals surface area contributed by atoms with Gasteiger partial charge in [-0.2, -0.15) is 5.10 Å². The fourth-order valence-corrected chi connectivity index (χ4v) is 5.89. The van der Waals surface area contributed by atoms with E-state index in [9.17, 15) is 9.59 Å². The van der Waals surface area contributed by atoms with Crippen LogP contribution >= 0.6 is 22.9 Å². The predicted molar refractivity (Wildman–Crippen MR) is 151 cm³/mol. The van der Waals surface area contributed by atoms with Crippen molar-refractivity contribution in [1.29, 1.82) is 0 Å². The molecule has 0 saturated carbocycles. The highest BCUT2D eigenvalue weighted by Gasteiger charge is 2.30. The lowest BCUT2D eigenvalue weighted by Crippen LogP contribution is -2.21. The molecule has 1 aliphatic rings. The van der Waals surface area contributed by atoms with Crippen molar-refractivity contribution < 1.29 is 9.59 Å². The molecule has 0 saturated heterocycles. The average molecular weight is 547 g/mol. The monoisotopic (exact) mass is 546 g/mol. The van der Waals surface area contributed by atoms with Gasteiger partial charge in [-0.1, -0.05) is 29.0 Å². The number of hydrogen-bond donors (Lipinski definition) is 1. The Balaban J connectivity index is 1.66. The van der Waals surface area contributed by atoms with Gasteiger partial charge in [-0.05, 0) is 56.0 Å². The number of thiazole rings is 1. The molecule has 0 atom stereocenters. The number of nitrogens with zero attached hydrogens (tertiary/aromatic N) is 5. The Bertz CT molecular complexity index is 1550. The van der Waals surface area contributed by atoms with Crippen LogP contribution in [0.25, 0.3) is 27.5 Å². The molecule has 4 aromatic rings. The van der Waals surface area contributed by atoms with Crippen LogP contribution in [0.5, 0.6) is 0 Å². The Morgan fingerprint density at radius 2 is 2.05 bits per heavy atom. The zero-order chi connectivity index (χ0) is 27.0. The minimum Gasteiger partial charge on any atom is -0.345 e. The van der Waals surface area contributed by atoms with E-state index in [2.05, 4.69) is 21.9 Å². The quantitative estimate of drug-likeness (QED) is 0.305. The summed E-state index contributed by atoms with van der Waals surface area (Å²) in [5.74, 6) is -0.300. The fraction of sp³-hybridized carbons (Fsp3) is 0.250. The Hall–Kier alpha value is -3.82. The first kappa shape index (κ1) is 25.8. The molecule has 1 aliphatic carbocycles. The van der Waals surface area contributed by atoms with E-state index < -0.39 is 0 Å². The van der Waals surface area contributed by atoms with Gasteiger partial charge in [0.15, 0.2) is 5.13 Å². The van der Waals surface area contributed by atoms with Gasteiger partial charge in [0.2, 0.25) is 5.91 Å². The number of carbonyl (C=O) groups excluding carboxylic acids is 2. The van der Waals surface area contributed by atoms with Crippen molar-refractivity contribution in [3.63, 3.8) is 0 Å². The van der Waals surface area contributed by atoms with Crippen molar-refractivity contribution in [3.05, 3.63) is 76.7 Å². The summed E-state index contributed by atoms with van der Waals surface area (Å²) >= 11 is 8.18. The number of anilines is 1. The van der Waals surface area contributed by atoms with Crippen LogP contribution in [0.1, 0.15) is 40.7 Å². The average Bonchev–Trinajstić information content (AvgIpc) is 3.47. The van der Waals surface area contributed by atoms with E-state index in [0.717, 1.165) is 64.5 Å². The zero-order valence-corrected chi connectivity index (χ0v) is 23.0. The fourth-order valence-electron chi connectivity index (χ4n) is 4.51. The van der Waals surface area contributed by atoms with Crippen LogP contribution in [-0.4, -0.2) is 50.6 Å². The summed E-state index contributed by atoms with van der Waals surface area (Å²) in [5.41, 5.74) is 6.75. The van der Waals surface area contributed by atoms with Crippen molar-refractivity contribution in [2.24, 2.45) is 0 Å². The van der Waals surface area contributed by atoms with Crippen molar-refractivity contribution in [2.75, 3.05) is 19.4 Å². The molecule has 38 heavy (non-hydrogen) atoms. The van der Waals surface area contributed by atoms with Gasteiger partial charge in [-0.15, -0.1) is 6.58 Å². The molecule has 0 spiro atoms. The number of rotatable bonds is 7. The van der Waals surface area contributed by atoms with E-state index in [-0.39, 0.29) is 11.8 Å². The largest absolute Gasteiger partial charge is 0.345 e. The summed E-state index contributed by atoms with van der Waals surface area (Å²) in [6.45, 7) is 5.26. The standard InChI is InChI=1S/C28H27ClN6O2S/c1-5-6-7-19-10-8-18(15-30-19)24-20-11-12-22-26(38-28(32-22)31-16(2)36)25(20)35(33-24)23-13-9-17(14-21(23)29)27(37)34(3)4/h5,8-10,13-15H,1,6-7,11-12H2,2-4H3,(H,31,32,36). The Labute approximate surface area is 230 Å². The Morgan fingerprint density at radius 3 is 2.71 bits per heavy atom. The predicted octanol–water partition coefficient (Wildman–Crippen LogP) is 5.59. The van der Waals surface area contributed by atoms with Gasteiger partial charge in [0.05, 0.1) is 32.7 Å². The summed E-state index contributed by atoms with van der Waals surface area (Å²) in [4.78, 5) is 36.0. The number of amides is 2. The van der Waals surface area contributed by atoms with Crippen molar-refractivity contribution >= 4 is 39.9 Å². The second-order valence-electron chi connectivity index (χ2n) is 9.29. The highest BCUT2D eigenvalue weighted by Crippen LogP contribution is 2.44. The van der Waals surface area contributed by atoms with Crippen molar-refractivity contribution in [1.82, 2.24) is 24.6 Å². The van der Waals surface area contributed by atoms with E-state index in [0.29, 0.717) is 21.4 Å². The molecule has 1 N–H and O–H groups in total. The molecule has 10 heteroatoms. The van der Waals surface area contributed by atoms with Crippen molar-refractivity contribution in [2.45, 2.75) is 32.6 Å². The summed E-state index contributed by atoms with van der Waals surface area (Å²) in [6, 6.07) is 9.31. The number of aryl methyl sites for hydroxylation is 2. The normalized spacial score (nSPS) is 12.0. The van der Waals surface area contributed by atoms with Gasteiger partial charge in [0.1, 0.15) is 0 Å². The first-order valence-corrected chi connectivity index (χ1v) is 13.4. The highest BCUT2D eigenvalue weighted by atomic mass is 35.5. The Morgan fingerprint density at radius 1 is 1.24 bits per heavy atom. The third-order valence-electron chi connectivity index (χ3n) is 6.32. The van der Waals surface area contributed by atoms with Crippen LogP contribution in [0.3, 0.4) is 0 Å². The smallest absolute Gasteiger partial charge is 0.253 e. The number of carbonyl (C=O) groups is 2. The minimum atomic E-state index is -0.169. The van der Waals surface area contributed by atoms with E-state index in [1.165, 1.54) is 23.2 Å². The maximum Gasteiger partial charge on any atom is 0.253 e. The number of allylic oxidation sites excluding steroid dienone is 1. The van der Waals surface area contributed by atoms with Crippen LogP contribution in [0, 0.1) is 0 Å². The number of benzene rings is 1. The van der Waals surface area contributed by atoms with E-state index in [4.69, 9.17) is 16.7 Å². The van der Waals surface area contributed by atoms with E-state index in [1.807, 2.05) is 35.2 Å². The Kier molecular flexibility index (Phi) is 7.14. The molecule has 2 amide bonds. The minimum absolute atomic E-state index is 0.131. The lowest BCUT2D eigenvalue weighted by atomic mass is 9.95. The maximum absolute atomic E-state index is 12.5. The zero-order valence-electron chi connectivity index (χ0n) is 21.4. The highest BCUT2D eigenvalue weighted by molar-refractivity contribution is 7.19. The molecule has 3 heterocycles. The molecule has 0 unspecified atom stereocenters. The third-order valence-corrected chi connectivity index (χ3v) is 7.64. The first-order chi connectivity index (χ1) is 18.3. The second kappa shape index (κ2) is 10.5. The topological polar surface area (TPSA) is 93.0 Å². The number of halogens is 1. The molecule has 0 aliphatic heterocycles. The van der Waals surface area contributed by atoms with Gasteiger partial charge in [-0.3, -0.25) is 14.6 Å². The van der Waals surface area contributed by atoms with Crippen LogP contribution in [0.2, 0.25) is 5.02 Å². The van der Waals surface area contributed by atoms with Gasteiger partial charge < -0.3 is 10.2 Å². The van der Waals surface area contributed by atoms with Crippen molar-refractivity contribution in [3.8, 4) is 27.5 Å².